The first-order chi connectivity index (χ1) is 12.0. The van der Waals surface area contributed by atoms with Crippen LogP contribution in [0.4, 0.5) is 4.39 Å². The Morgan fingerprint density at radius 1 is 1.31 bits per heavy atom. The second-order valence-electron chi connectivity index (χ2n) is 6.78. The van der Waals surface area contributed by atoms with E-state index >= 15 is 0 Å². The summed E-state index contributed by atoms with van der Waals surface area (Å²) in [5, 5.41) is 3.39. The lowest BCUT2D eigenvalue weighted by Gasteiger charge is -2.38. The van der Waals surface area contributed by atoms with Crippen LogP contribution in [0.15, 0.2) is 29.3 Å². The average molecular weight is 478 g/mol. The summed E-state index contributed by atoms with van der Waals surface area (Å²) < 4.78 is 19.3. The fraction of sp³-hybridized carbons (Fsp3) is 0.632. The van der Waals surface area contributed by atoms with E-state index in [0.717, 1.165) is 50.7 Å². The van der Waals surface area contributed by atoms with Gasteiger partial charge in [-0.3, -0.25) is 4.99 Å². The fourth-order valence-electron chi connectivity index (χ4n) is 2.98. The highest BCUT2D eigenvalue weighted by Gasteiger charge is 2.28. The van der Waals surface area contributed by atoms with E-state index < -0.39 is 0 Å². The second kappa shape index (κ2) is 11.7. The number of hydrogen-bond donors (Lipinski definition) is 1. The molecular weight excluding hydrogens is 446 g/mol. The molecule has 1 aliphatic heterocycles. The van der Waals surface area contributed by atoms with Crippen molar-refractivity contribution in [3.63, 3.8) is 0 Å². The second-order valence-corrected chi connectivity index (χ2v) is 6.78. The molecule has 0 aliphatic carbocycles. The Labute approximate surface area is 174 Å². The third kappa shape index (κ3) is 7.36. The minimum atomic E-state index is -0.222. The molecule has 1 aliphatic rings. The first kappa shape index (κ1) is 23.1. The molecule has 0 spiro atoms. The molecule has 1 fully saturated rings. The molecule has 1 N–H and O–H groups in total. The van der Waals surface area contributed by atoms with Crippen molar-refractivity contribution >= 4 is 29.9 Å². The van der Waals surface area contributed by atoms with Crippen LogP contribution in [0.1, 0.15) is 31.9 Å². The Hall–Kier alpha value is -0.930. The first-order valence-corrected chi connectivity index (χ1v) is 9.08. The summed E-state index contributed by atoms with van der Waals surface area (Å²) in [7, 11) is 4.15. The van der Waals surface area contributed by atoms with Crippen LogP contribution < -0.4 is 5.32 Å². The van der Waals surface area contributed by atoms with Gasteiger partial charge >= 0.3 is 0 Å². The Bertz CT molecular complexity index is 553. The number of hydrogen-bond acceptors (Lipinski definition) is 3. The van der Waals surface area contributed by atoms with Gasteiger partial charge in [0.15, 0.2) is 5.96 Å². The molecule has 1 heterocycles. The van der Waals surface area contributed by atoms with Crippen LogP contribution in [-0.2, 0) is 4.74 Å². The van der Waals surface area contributed by atoms with Crippen LogP contribution in [0.25, 0.3) is 0 Å². The Balaban J connectivity index is 0.00000338. The zero-order valence-electron chi connectivity index (χ0n) is 16.2. The summed E-state index contributed by atoms with van der Waals surface area (Å²) in [5.74, 6) is 0.712. The molecule has 0 amide bonds. The van der Waals surface area contributed by atoms with Gasteiger partial charge in [-0.2, -0.15) is 0 Å². The normalized spacial score (nSPS) is 20.8. The summed E-state index contributed by atoms with van der Waals surface area (Å²) in [4.78, 5) is 9.20. The van der Waals surface area contributed by atoms with E-state index in [1.165, 1.54) is 12.1 Å². The predicted molar refractivity (Wildman–Crippen MR) is 116 cm³/mol. The predicted octanol–water partition coefficient (Wildman–Crippen LogP) is 3.12. The highest BCUT2D eigenvalue weighted by molar-refractivity contribution is 14.0. The van der Waals surface area contributed by atoms with Gasteiger partial charge in [0, 0.05) is 19.6 Å². The average Bonchev–Trinajstić information content (AvgIpc) is 2.57. The van der Waals surface area contributed by atoms with E-state index in [9.17, 15) is 4.39 Å². The topological polar surface area (TPSA) is 40.1 Å². The van der Waals surface area contributed by atoms with Crippen LogP contribution >= 0.6 is 24.0 Å². The van der Waals surface area contributed by atoms with Gasteiger partial charge in [0.25, 0.3) is 0 Å². The van der Waals surface area contributed by atoms with Crippen molar-refractivity contribution in [2.75, 3.05) is 46.8 Å². The number of nitrogens with zero attached hydrogens (tertiary/aromatic N) is 3. The summed E-state index contributed by atoms with van der Waals surface area (Å²) in [6.45, 7) is 8.33. The first-order valence-electron chi connectivity index (χ1n) is 9.08. The maximum Gasteiger partial charge on any atom is 0.194 e. The lowest BCUT2D eigenvalue weighted by atomic mass is 10.1. The minimum absolute atomic E-state index is 0. The van der Waals surface area contributed by atoms with E-state index in [-0.39, 0.29) is 42.0 Å². The van der Waals surface area contributed by atoms with E-state index in [0.29, 0.717) is 0 Å². The number of morpholine rings is 1. The van der Waals surface area contributed by atoms with Gasteiger partial charge in [-0.05, 0) is 58.6 Å². The zero-order valence-corrected chi connectivity index (χ0v) is 18.6. The van der Waals surface area contributed by atoms with Crippen molar-refractivity contribution in [1.82, 2.24) is 15.1 Å². The molecule has 1 aromatic carbocycles. The van der Waals surface area contributed by atoms with Crippen molar-refractivity contribution in [2.45, 2.75) is 32.5 Å². The van der Waals surface area contributed by atoms with E-state index in [2.05, 4.69) is 43.1 Å². The zero-order chi connectivity index (χ0) is 18.2. The molecule has 1 saturated heterocycles. The summed E-state index contributed by atoms with van der Waals surface area (Å²) >= 11 is 0. The SMILES string of the molecule is CCNC(=NCCCN(C)C)N1CC(C)OC(c2ccc(F)cc2)C1.I. The van der Waals surface area contributed by atoms with Crippen molar-refractivity contribution in [2.24, 2.45) is 4.99 Å². The van der Waals surface area contributed by atoms with Crippen LogP contribution in [0.3, 0.4) is 0 Å². The number of halogens is 2. The lowest BCUT2D eigenvalue weighted by Crippen LogP contribution is -2.50. The summed E-state index contributed by atoms with van der Waals surface area (Å²) in [6, 6.07) is 6.58. The molecule has 2 atom stereocenters. The van der Waals surface area contributed by atoms with Gasteiger partial charge in [0.05, 0.1) is 12.6 Å². The van der Waals surface area contributed by atoms with Crippen LogP contribution in [0.2, 0.25) is 0 Å². The number of aliphatic imine (C=N–C) groups is 1. The third-order valence-corrected chi connectivity index (χ3v) is 4.16. The van der Waals surface area contributed by atoms with E-state index in [4.69, 9.17) is 9.73 Å². The van der Waals surface area contributed by atoms with Gasteiger partial charge in [0.2, 0.25) is 0 Å². The molecule has 7 heteroatoms. The molecule has 1 aromatic rings. The standard InChI is InChI=1S/C19H31FN4O.HI/c1-5-21-19(22-11-6-12-23(3)4)24-13-15(2)25-18(14-24)16-7-9-17(20)10-8-16;/h7-10,15,18H,5-6,11-14H2,1-4H3,(H,21,22);1H. The number of rotatable bonds is 6. The van der Waals surface area contributed by atoms with E-state index in [1.807, 2.05) is 0 Å². The van der Waals surface area contributed by atoms with E-state index in [1.54, 1.807) is 12.1 Å². The van der Waals surface area contributed by atoms with Crippen molar-refractivity contribution in [1.29, 1.82) is 0 Å². The molecule has 0 bridgehead atoms. The summed E-state index contributed by atoms with van der Waals surface area (Å²) in [5.41, 5.74) is 1.00. The number of nitrogens with one attached hydrogen (secondary N) is 1. The largest absolute Gasteiger partial charge is 0.367 e. The van der Waals surface area contributed by atoms with Crippen molar-refractivity contribution in [3.05, 3.63) is 35.6 Å². The smallest absolute Gasteiger partial charge is 0.194 e. The highest BCUT2D eigenvalue weighted by Crippen LogP contribution is 2.25. The molecule has 2 rings (SSSR count). The molecule has 5 nitrogen and oxygen atoms in total. The summed E-state index contributed by atoms with van der Waals surface area (Å²) in [6.07, 6.45) is 1.05. The minimum Gasteiger partial charge on any atom is -0.367 e. The number of benzene rings is 1. The molecular formula is C19H32FIN4O. The fourth-order valence-corrected chi connectivity index (χ4v) is 2.98. The molecule has 148 valence electrons. The van der Waals surface area contributed by atoms with Gasteiger partial charge in [-0.1, -0.05) is 12.1 Å². The van der Waals surface area contributed by atoms with Crippen LogP contribution in [-0.4, -0.2) is 68.7 Å². The number of ether oxygens (including phenoxy) is 1. The molecule has 2 unspecified atom stereocenters. The Kier molecular flexibility index (Phi) is 10.4. The van der Waals surface area contributed by atoms with Gasteiger partial charge in [-0.15, -0.1) is 24.0 Å². The van der Waals surface area contributed by atoms with Gasteiger partial charge < -0.3 is 19.9 Å². The maximum atomic E-state index is 13.2. The molecule has 0 aromatic heterocycles. The monoisotopic (exact) mass is 478 g/mol. The Morgan fingerprint density at radius 2 is 2.00 bits per heavy atom. The highest BCUT2D eigenvalue weighted by atomic mass is 127. The van der Waals surface area contributed by atoms with Crippen molar-refractivity contribution < 1.29 is 9.13 Å². The molecule has 26 heavy (non-hydrogen) atoms. The quantitative estimate of drug-likeness (QED) is 0.295. The van der Waals surface area contributed by atoms with Gasteiger partial charge in [0.1, 0.15) is 11.9 Å². The molecule has 0 radical (unpaired) electrons. The molecule has 0 saturated carbocycles. The van der Waals surface area contributed by atoms with Crippen LogP contribution in [0.5, 0.6) is 0 Å². The van der Waals surface area contributed by atoms with Gasteiger partial charge in [-0.25, -0.2) is 4.39 Å². The van der Waals surface area contributed by atoms with Crippen LogP contribution in [0, 0.1) is 5.82 Å². The third-order valence-electron chi connectivity index (χ3n) is 4.16. The lowest BCUT2D eigenvalue weighted by molar-refractivity contribution is -0.0605. The Morgan fingerprint density at radius 3 is 2.62 bits per heavy atom. The maximum absolute atomic E-state index is 13.2. The number of guanidine groups is 1. The van der Waals surface area contributed by atoms with Crippen molar-refractivity contribution in [3.8, 4) is 0 Å².